The highest BCUT2D eigenvalue weighted by Crippen LogP contribution is 2.07. The molecule has 0 spiro atoms. The summed E-state index contributed by atoms with van der Waals surface area (Å²) < 4.78 is 21.7. The van der Waals surface area contributed by atoms with Crippen LogP contribution in [0.5, 0.6) is 0 Å². The van der Waals surface area contributed by atoms with E-state index in [1.807, 2.05) is 0 Å². The second-order valence-corrected chi connectivity index (χ2v) is 6.09. The number of sulfone groups is 1. The first-order valence-corrected chi connectivity index (χ1v) is 6.69. The standard InChI is InChI=1S/C8H18N2O2S/c1-13(11,12)6-2-4-10-5-3-8(9)7-10/h8H,2-7,9H2,1H3. The average Bonchev–Trinajstić information content (AvgIpc) is 2.33. The molecule has 4 nitrogen and oxygen atoms in total. The minimum atomic E-state index is -2.79. The Morgan fingerprint density at radius 2 is 2.23 bits per heavy atom. The molecule has 1 saturated heterocycles. The van der Waals surface area contributed by atoms with Crippen LogP contribution in [0.3, 0.4) is 0 Å². The van der Waals surface area contributed by atoms with E-state index in [0.29, 0.717) is 11.8 Å². The molecule has 0 aromatic rings. The van der Waals surface area contributed by atoms with Crippen molar-refractivity contribution in [1.29, 1.82) is 0 Å². The third kappa shape index (κ3) is 4.59. The van der Waals surface area contributed by atoms with Gasteiger partial charge in [0.05, 0.1) is 5.75 Å². The average molecular weight is 206 g/mol. The fourth-order valence-electron chi connectivity index (χ4n) is 1.62. The van der Waals surface area contributed by atoms with E-state index in [0.717, 1.165) is 32.5 Å². The van der Waals surface area contributed by atoms with Gasteiger partial charge < -0.3 is 10.6 Å². The van der Waals surface area contributed by atoms with Crippen molar-refractivity contribution in [3.8, 4) is 0 Å². The lowest BCUT2D eigenvalue weighted by Crippen LogP contribution is -2.28. The highest BCUT2D eigenvalue weighted by Gasteiger charge is 2.18. The van der Waals surface area contributed by atoms with Gasteiger partial charge in [-0.25, -0.2) is 8.42 Å². The molecule has 0 radical (unpaired) electrons. The summed E-state index contributed by atoms with van der Waals surface area (Å²) in [6.45, 7) is 2.80. The van der Waals surface area contributed by atoms with E-state index in [2.05, 4.69) is 4.90 Å². The van der Waals surface area contributed by atoms with Crippen LogP contribution in [0.15, 0.2) is 0 Å². The van der Waals surface area contributed by atoms with Crippen LogP contribution < -0.4 is 5.73 Å². The molecule has 78 valence electrons. The third-order valence-electron chi connectivity index (χ3n) is 2.30. The summed E-state index contributed by atoms with van der Waals surface area (Å²) in [6.07, 6.45) is 3.05. The van der Waals surface area contributed by atoms with Crippen molar-refractivity contribution >= 4 is 9.84 Å². The molecular formula is C8H18N2O2S. The zero-order valence-corrected chi connectivity index (χ0v) is 8.89. The highest BCUT2D eigenvalue weighted by atomic mass is 32.2. The maximum Gasteiger partial charge on any atom is 0.147 e. The molecule has 13 heavy (non-hydrogen) atoms. The number of hydrogen-bond acceptors (Lipinski definition) is 4. The van der Waals surface area contributed by atoms with Gasteiger partial charge in [0.15, 0.2) is 0 Å². The highest BCUT2D eigenvalue weighted by molar-refractivity contribution is 7.90. The van der Waals surface area contributed by atoms with Gasteiger partial charge in [-0.15, -0.1) is 0 Å². The first-order valence-electron chi connectivity index (χ1n) is 4.63. The topological polar surface area (TPSA) is 63.4 Å². The molecule has 1 fully saturated rings. The van der Waals surface area contributed by atoms with Crippen molar-refractivity contribution in [3.63, 3.8) is 0 Å². The lowest BCUT2D eigenvalue weighted by Gasteiger charge is -2.13. The second kappa shape index (κ2) is 4.39. The van der Waals surface area contributed by atoms with Crippen molar-refractivity contribution < 1.29 is 8.42 Å². The van der Waals surface area contributed by atoms with Crippen LogP contribution in [0.25, 0.3) is 0 Å². The van der Waals surface area contributed by atoms with E-state index >= 15 is 0 Å². The Hall–Kier alpha value is -0.130. The third-order valence-corrected chi connectivity index (χ3v) is 3.33. The van der Waals surface area contributed by atoms with Crippen molar-refractivity contribution in [3.05, 3.63) is 0 Å². The summed E-state index contributed by atoms with van der Waals surface area (Å²) in [5.41, 5.74) is 5.72. The number of nitrogens with two attached hydrogens (primary N) is 1. The molecule has 0 aliphatic carbocycles. The monoisotopic (exact) mass is 206 g/mol. The van der Waals surface area contributed by atoms with E-state index in [9.17, 15) is 8.42 Å². The van der Waals surface area contributed by atoms with Gasteiger partial charge in [-0.2, -0.15) is 0 Å². The largest absolute Gasteiger partial charge is 0.326 e. The van der Waals surface area contributed by atoms with E-state index in [1.54, 1.807) is 0 Å². The van der Waals surface area contributed by atoms with Gasteiger partial charge in [0.2, 0.25) is 0 Å². The Bertz CT molecular complexity index is 251. The van der Waals surface area contributed by atoms with Crippen molar-refractivity contribution in [1.82, 2.24) is 4.90 Å². The summed E-state index contributed by atoms with van der Waals surface area (Å²) in [6, 6.07) is 0.290. The normalized spacial score (nSPS) is 25.2. The Morgan fingerprint density at radius 1 is 1.54 bits per heavy atom. The maximum atomic E-state index is 10.8. The number of likely N-dealkylation sites (tertiary alicyclic amines) is 1. The molecule has 1 rings (SSSR count). The molecule has 1 heterocycles. The van der Waals surface area contributed by atoms with Gasteiger partial charge in [0.25, 0.3) is 0 Å². The molecule has 2 N–H and O–H groups in total. The molecule has 0 aromatic heterocycles. The maximum absolute atomic E-state index is 10.8. The summed E-state index contributed by atoms with van der Waals surface area (Å²) in [4.78, 5) is 2.23. The zero-order valence-electron chi connectivity index (χ0n) is 8.07. The minimum Gasteiger partial charge on any atom is -0.326 e. The Kier molecular flexibility index (Phi) is 3.70. The predicted molar refractivity (Wildman–Crippen MR) is 53.4 cm³/mol. The first-order chi connectivity index (χ1) is 5.97. The van der Waals surface area contributed by atoms with E-state index in [1.165, 1.54) is 6.26 Å². The number of hydrogen-bond donors (Lipinski definition) is 1. The van der Waals surface area contributed by atoms with Crippen LogP contribution in [-0.2, 0) is 9.84 Å². The first kappa shape index (κ1) is 10.9. The molecular weight excluding hydrogens is 188 g/mol. The molecule has 0 aromatic carbocycles. The summed E-state index contributed by atoms with van der Waals surface area (Å²) >= 11 is 0. The Morgan fingerprint density at radius 3 is 2.69 bits per heavy atom. The molecule has 1 aliphatic heterocycles. The molecule has 1 atom stereocenters. The van der Waals surface area contributed by atoms with Crippen LogP contribution in [0.1, 0.15) is 12.8 Å². The lowest BCUT2D eigenvalue weighted by atomic mass is 10.3. The van der Waals surface area contributed by atoms with Gasteiger partial charge in [-0.3, -0.25) is 0 Å². The fourth-order valence-corrected chi connectivity index (χ4v) is 2.27. The molecule has 5 heteroatoms. The summed E-state index contributed by atoms with van der Waals surface area (Å²) in [5.74, 6) is 0.290. The van der Waals surface area contributed by atoms with Crippen molar-refractivity contribution in [2.45, 2.75) is 18.9 Å². The molecule has 1 aliphatic rings. The van der Waals surface area contributed by atoms with E-state index in [4.69, 9.17) is 5.73 Å². The SMILES string of the molecule is CS(=O)(=O)CCCN1CCC(N)C1. The van der Waals surface area contributed by atoms with Gasteiger partial charge in [0.1, 0.15) is 9.84 Å². The van der Waals surface area contributed by atoms with Crippen LogP contribution in [-0.4, -0.2) is 51.0 Å². The van der Waals surface area contributed by atoms with E-state index < -0.39 is 9.84 Å². The van der Waals surface area contributed by atoms with Gasteiger partial charge in [0, 0.05) is 18.8 Å². The molecule has 0 amide bonds. The number of rotatable bonds is 4. The molecule has 0 bridgehead atoms. The zero-order chi connectivity index (χ0) is 9.90. The molecule has 0 saturated carbocycles. The smallest absolute Gasteiger partial charge is 0.147 e. The van der Waals surface area contributed by atoms with Gasteiger partial charge >= 0.3 is 0 Å². The predicted octanol–water partition coefficient (Wildman–Crippen LogP) is -0.546. The lowest BCUT2D eigenvalue weighted by molar-refractivity contribution is 0.335. The molecule has 1 unspecified atom stereocenters. The van der Waals surface area contributed by atoms with Gasteiger partial charge in [-0.05, 0) is 25.9 Å². The van der Waals surface area contributed by atoms with E-state index in [-0.39, 0.29) is 0 Å². The van der Waals surface area contributed by atoms with Gasteiger partial charge in [-0.1, -0.05) is 0 Å². The summed E-state index contributed by atoms with van der Waals surface area (Å²) in [5, 5.41) is 0. The van der Waals surface area contributed by atoms with Crippen LogP contribution in [0.4, 0.5) is 0 Å². The van der Waals surface area contributed by atoms with Crippen LogP contribution in [0.2, 0.25) is 0 Å². The van der Waals surface area contributed by atoms with Crippen LogP contribution >= 0.6 is 0 Å². The van der Waals surface area contributed by atoms with Crippen LogP contribution in [0, 0.1) is 0 Å². The summed E-state index contributed by atoms with van der Waals surface area (Å²) in [7, 11) is -2.79. The van der Waals surface area contributed by atoms with Crippen molar-refractivity contribution in [2.24, 2.45) is 5.73 Å². The minimum absolute atomic E-state index is 0.290. The quantitative estimate of drug-likeness (QED) is 0.670. The van der Waals surface area contributed by atoms with Crippen molar-refractivity contribution in [2.75, 3.05) is 31.6 Å². The Labute approximate surface area is 80.0 Å². The second-order valence-electron chi connectivity index (χ2n) is 3.83. The fraction of sp³-hybridized carbons (Fsp3) is 1.00. The number of nitrogens with zero attached hydrogens (tertiary/aromatic N) is 1. The Balaban J connectivity index is 2.14.